The molecule has 1 aliphatic rings. The number of carbonyl (C=O) groups excluding carboxylic acids is 1. The van der Waals surface area contributed by atoms with E-state index in [1.165, 1.54) is 0 Å². The molecule has 0 saturated carbocycles. The molecule has 15 heavy (non-hydrogen) atoms. The van der Waals surface area contributed by atoms with Crippen molar-refractivity contribution in [1.29, 1.82) is 0 Å². The normalized spacial score (nSPS) is 17.5. The number of rotatable bonds is 2. The predicted octanol–water partition coefficient (Wildman–Crippen LogP) is 1.07. The molecule has 2 rings (SSSR count). The van der Waals surface area contributed by atoms with Gasteiger partial charge in [-0.25, -0.2) is 0 Å². The van der Waals surface area contributed by atoms with E-state index in [1.807, 2.05) is 24.3 Å². The first-order valence-corrected chi connectivity index (χ1v) is 5.23. The van der Waals surface area contributed by atoms with Crippen LogP contribution in [0.4, 0.5) is 0 Å². The van der Waals surface area contributed by atoms with E-state index in [2.05, 4.69) is 0 Å². The number of amides is 1. The molecule has 1 aromatic rings. The highest BCUT2D eigenvalue weighted by Crippen LogP contribution is 2.18. The molecule has 1 amide bonds. The van der Waals surface area contributed by atoms with E-state index in [0.29, 0.717) is 13.1 Å². The highest BCUT2D eigenvalue weighted by Gasteiger charge is 2.24. The third kappa shape index (κ3) is 2.02. The number of hydrogen-bond acceptors (Lipinski definition) is 2. The molecule has 0 spiro atoms. The van der Waals surface area contributed by atoms with Crippen molar-refractivity contribution in [1.82, 2.24) is 4.90 Å². The summed E-state index contributed by atoms with van der Waals surface area (Å²) in [4.78, 5) is 13.7. The Labute approximate surface area is 89.3 Å². The molecule has 3 nitrogen and oxygen atoms in total. The van der Waals surface area contributed by atoms with Crippen LogP contribution in [0.25, 0.3) is 0 Å². The van der Waals surface area contributed by atoms with Gasteiger partial charge >= 0.3 is 0 Å². The number of carbonyl (C=O) groups is 1. The second-order valence-corrected chi connectivity index (χ2v) is 4.01. The number of benzene rings is 1. The van der Waals surface area contributed by atoms with E-state index in [1.54, 1.807) is 11.8 Å². The zero-order chi connectivity index (χ0) is 10.8. The molecule has 1 heterocycles. The van der Waals surface area contributed by atoms with Gasteiger partial charge in [0.1, 0.15) is 0 Å². The Morgan fingerprint density at radius 1 is 1.47 bits per heavy atom. The van der Waals surface area contributed by atoms with Crippen molar-refractivity contribution in [2.45, 2.75) is 19.4 Å². The molecule has 80 valence electrons. The summed E-state index contributed by atoms with van der Waals surface area (Å²) in [6, 6.07) is 7.68. The number of nitrogens with zero attached hydrogens (tertiary/aromatic N) is 1. The fourth-order valence-corrected chi connectivity index (χ4v) is 1.97. The fourth-order valence-electron chi connectivity index (χ4n) is 1.97. The Bertz CT molecular complexity index is 374. The van der Waals surface area contributed by atoms with Crippen LogP contribution < -0.4 is 0 Å². The summed E-state index contributed by atoms with van der Waals surface area (Å²) in [5, 5.41) is 9.28. The highest BCUT2D eigenvalue weighted by molar-refractivity contribution is 5.96. The van der Waals surface area contributed by atoms with Crippen LogP contribution >= 0.6 is 0 Å². The zero-order valence-electron chi connectivity index (χ0n) is 8.81. The quantitative estimate of drug-likeness (QED) is 0.784. The minimum atomic E-state index is -0.459. The summed E-state index contributed by atoms with van der Waals surface area (Å²) in [5.74, 6) is 0.0396. The average Bonchev–Trinajstić information content (AvgIpc) is 2.22. The van der Waals surface area contributed by atoms with Crippen molar-refractivity contribution < 1.29 is 9.90 Å². The number of aliphatic hydroxyl groups is 1. The van der Waals surface area contributed by atoms with Crippen molar-refractivity contribution in [3.05, 3.63) is 35.4 Å². The first kappa shape index (κ1) is 10.2. The SMILES string of the molecule is C[C@@H](O)CN1CCc2ccccc2C1=O. The molecule has 0 fully saturated rings. The molecule has 1 aromatic carbocycles. The second kappa shape index (κ2) is 4.03. The van der Waals surface area contributed by atoms with Crippen LogP contribution in [0, 0.1) is 0 Å². The summed E-state index contributed by atoms with van der Waals surface area (Å²) < 4.78 is 0. The lowest BCUT2D eigenvalue weighted by molar-refractivity contribution is 0.0630. The van der Waals surface area contributed by atoms with Gasteiger partial charge in [0.25, 0.3) is 5.91 Å². The molecule has 0 unspecified atom stereocenters. The third-order valence-corrected chi connectivity index (χ3v) is 2.67. The molecule has 1 N–H and O–H groups in total. The van der Waals surface area contributed by atoms with Gasteiger partial charge in [-0.2, -0.15) is 0 Å². The monoisotopic (exact) mass is 205 g/mol. The van der Waals surface area contributed by atoms with Gasteiger partial charge < -0.3 is 10.0 Å². The first-order chi connectivity index (χ1) is 7.18. The van der Waals surface area contributed by atoms with Gasteiger partial charge in [-0.1, -0.05) is 18.2 Å². The number of fused-ring (bicyclic) bond motifs is 1. The topological polar surface area (TPSA) is 40.5 Å². The summed E-state index contributed by atoms with van der Waals surface area (Å²) in [6.45, 7) is 2.84. The van der Waals surface area contributed by atoms with E-state index >= 15 is 0 Å². The maximum Gasteiger partial charge on any atom is 0.254 e. The molecule has 0 saturated heterocycles. The molecule has 0 aromatic heterocycles. The molecule has 1 aliphatic heterocycles. The van der Waals surface area contributed by atoms with Gasteiger partial charge in [0.15, 0.2) is 0 Å². The van der Waals surface area contributed by atoms with Crippen LogP contribution in [0.3, 0.4) is 0 Å². The molecular formula is C12H15NO2. The zero-order valence-corrected chi connectivity index (χ0v) is 8.81. The van der Waals surface area contributed by atoms with Gasteiger partial charge in [0.2, 0.25) is 0 Å². The van der Waals surface area contributed by atoms with Crippen LogP contribution in [-0.4, -0.2) is 35.1 Å². The van der Waals surface area contributed by atoms with Crippen LogP contribution in [0.15, 0.2) is 24.3 Å². The lowest BCUT2D eigenvalue weighted by Gasteiger charge is -2.29. The van der Waals surface area contributed by atoms with Crippen LogP contribution in [0.2, 0.25) is 0 Å². The van der Waals surface area contributed by atoms with Gasteiger partial charge in [0, 0.05) is 18.7 Å². The Kier molecular flexibility index (Phi) is 2.73. The van der Waals surface area contributed by atoms with E-state index in [9.17, 15) is 9.90 Å². The van der Waals surface area contributed by atoms with E-state index < -0.39 is 6.10 Å². The maximum absolute atomic E-state index is 12.0. The van der Waals surface area contributed by atoms with E-state index in [-0.39, 0.29) is 5.91 Å². The van der Waals surface area contributed by atoms with Crippen molar-refractivity contribution >= 4 is 5.91 Å². The Hall–Kier alpha value is -1.35. The van der Waals surface area contributed by atoms with Crippen molar-refractivity contribution in [2.75, 3.05) is 13.1 Å². The average molecular weight is 205 g/mol. The smallest absolute Gasteiger partial charge is 0.254 e. The van der Waals surface area contributed by atoms with Crippen molar-refractivity contribution in [2.24, 2.45) is 0 Å². The van der Waals surface area contributed by atoms with Crippen LogP contribution in [-0.2, 0) is 6.42 Å². The number of β-amino-alcohol motifs (C(OH)–C–C–N with tert-alkyl or cyclic N) is 1. The van der Waals surface area contributed by atoms with Gasteiger partial charge in [-0.15, -0.1) is 0 Å². The molecule has 0 radical (unpaired) electrons. The standard InChI is InChI=1S/C12H15NO2/c1-9(14)8-13-7-6-10-4-2-3-5-11(10)12(13)15/h2-5,9,14H,6-8H2,1H3/t9-/m1/s1. The highest BCUT2D eigenvalue weighted by atomic mass is 16.3. The first-order valence-electron chi connectivity index (χ1n) is 5.23. The predicted molar refractivity (Wildman–Crippen MR) is 57.7 cm³/mol. The lowest BCUT2D eigenvalue weighted by atomic mass is 9.99. The molecule has 1 atom stereocenters. The summed E-state index contributed by atoms with van der Waals surface area (Å²) in [5.41, 5.74) is 1.90. The lowest BCUT2D eigenvalue weighted by Crippen LogP contribution is -2.41. The summed E-state index contributed by atoms with van der Waals surface area (Å²) in [6.07, 6.45) is 0.425. The van der Waals surface area contributed by atoms with E-state index in [0.717, 1.165) is 17.5 Å². The second-order valence-electron chi connectivity index (χ2n) is 4.01. The summed E-state index contributed by atoms with van der Waals surface area (Å²) >= 11 is 0. The largest absolute Gasteiger partial charge is 0.392 e. The van der Waals surface area contributed by atoms with E-state index in [4.69, 9.17) is 0 Å². The number of aliphatic hydroxyl groups excluding tert-OH is 1. The minimum absolute atomic E-state index is 0.0396. The fraction of sp³-hybridized carbons (Fsp3) is 0.417. The van der Waals surface area contributed by atoms with Crippen LogP contribution in [0.5, 0.6) is 0 Å². The Morgan fingerprint density at radius 3 is 2.93 bits per heavy atom. The van der Waals surface area contributed by atoms with Gasteiger partial charge in [0.05, 0.1) is 6.10 Å². The Balaban J connectivity index is 2.22. The molecule has 0 aliphatic carbocycles. The van der Waals surface area contributed by atoms with Crippen molar-refractivity contribution in [3.8, 4) is 0 Å². The van der Waals surface area contributed by atoms with Gasteiger partial charge in [-0.3, -0.25) is 4.79 Å². The maximum atomic E-state index is 12.0. The van der Waals surface area contributed by atoms with Gasteiger partial charge in [-0.05, 0) is 25.0 Å². The third-order valence-electron chi connectivity index (χ3n) is 2.67. The molecule has 0 bridgehead atoms. The Morgan fingerprint density at radius 2 is 2.20 bits per heavy atom. The molecule has 3 heteroatoms. The van der Waals surface area contributed by atoms with Crippen molar-refractivity contribution in [3.63, 3.8) is 0 Å². The number of hydrogen-bond donors (Lipinski definition) is 1. The minimum Gasteiger partial charge on any atom is -0.392 e. The summed E-state index contributed by atoms with van der Waals surface area (Å²) in [7, 11) is 0. The van der Waals surface area contributed by atoms with Crippen LogP contribution in [0.1, 0.15) is 22.8 Å². The molecular weight excluding hydrogens is 190 g/mol.